The Hall–Kier alpha value is 0.0900. The Morgan fingerprint density at radius 2 is 2.20 bits per heavy atom. The first kappa shape index (κ1) is 11.6. The molecule has 1 fully saturated rings. The fourth-order valence-electron chi connectivity index (χ4n) is 1.31. The topological polar surface area (TPSA) is 46.2 Å². The van der Waals surface area contributed by atoms with Crippen molar-refractivity contribution in [2.24, 2.45) is 0 Å². The maximum atomic E-state index is 11.9. The quantitative estimate of drug-likeness (QED) is 0.867. The summed E-state index contributed by atoms with van der Waals surface area (Å²) >= 11 is 4.65. The van der Waals surface area contributed by atoms with Gasteiger partial charge in [0.1, 0.15) is 4.21 Å². The second kappa shape index (κ2) is 3.84. The van der Waals surface area contributed by atoms with E-state index in [0.29, 0.717) is 9.54 Å². The van der Waals surface area contributed by atoms with Crippen LogP contribution in [0.1, 0.15) is 17.7 Å². The Labute approximate surface area is 102 Å². The Kier molecular flexibility index (Phi) is 2.96. The fraction of sp³-hybridized carbons (Fsp3) is 0.556. The maximum Gasteiger partial charge on any atom is 0.250 e. The Balaban J connectivity index is 2.21. The number of thiophene rings is 1. The molecule has 0 amide bonds. The molecule has 0 bridgehead atoms. The van der Waals surface area contributed by atoms with E-state index in [1.807, 2.05) is 13.0 Å². The average molecular weight is 310 g/mol. The summed E-state index contributed by atoms with van der Waals surface area (Å²) in [5, 5.41) is 0.684. The first-order chi connectivity index (χ1) is 6.97. The summed E-state index contributed by atoms with van der Waals surface area (Å²) in [5.74, 6) is 0. The normalized spacial score (nSPS) is 19.1. The number of rotatable bonds is 4. The molecule has 3 nitrogen and oxygen atoms in total. The molecule has 15 heavy (non-hydrogen) atoms. The Morgan fingerprint density at radius 1 is 1.53 bits per heavy atom. The Morgan fingerprint density at radius 3 is 2.60 bits per heavy atom. The van der Waals surface area contributed by atoms with Gasteiger partial charge in [-0.1, -0.05) is 15.9 Å². The minimum Gasteiger partial charge on any atom is -0.206 e. The molecule has 6 heteroatoms. The summed E-state index contributed by atoms with van der Waals surface area (Å²) in [7, 11) is -3.31. The predicted molar refractivity (Wildman–Crippen MR) is 65.1 cm³/mol. The minimum absolute atomic E-state index is 0.225. The van der Waals surface area contributed by atoms with Crippen LogP contribution in [0.2, 0.25) is 0 Å². The third-order valence-electron chi connectivity index (χ3n) is 2.44. The predicted octanol–water partition coefficient (Wildman–Crippen LogP) is 2.26. The van der Waals surface area contributed by atoms with E-state index in [1.165, 1.54) is 11.3 Å². The zero-order valence-corrected chi connectivity index (χ0v) is 11.5. The highest BCUT2D eigenvalue weighted by Crippen LogP contribution is 2.38. The van der Waals surface area contributed by atoms with Crippen molar-refractivity contribution >= 4 is 37.3 Å². The molecule has 1 saturated carbocycles. The Bertz CT molecular complexity index is 462. The van der Waals surface area contributed by atoms with Crippen LogP contribution in [0.25, 0.3) is 0 Å². The third-order valence-corrected chi connectivity index (χ3v) is 6.59. The lowest BCUT2D eigenvalue weighted by molar-refractivity contribution is 0.563. The second-order valence-electron chi connectivity index (χ2n) is 3.88. The molecule has 0 spiro atoms. The molecule has 2 rings (SSSR count). The molecule has 0 atom stereocenters. The SMILES string of the molecule is Cc1ccc(S(=O)(=O)NC2(CBr)CC2)s1. The highest BCUT2D eigenvalue weighted by molar-refractivity contribution is 9.09. The van der Waals surface area contributed by atoms with Gasteiger partial charge < -0.3 is 0 Å². The van der Waals surface area contributed by atoms with Crippen LogP contribution in [-0.2, 0) is 10.0 Å². The molecule has 84 valence electrons. The molecule has 0 radical (unpaired) electrons. The zero-order chi connectivity index (χ0) is 11.1. The zero-order valence-electron chi connectivity index (χ0n) is 8.29. The molecule has 0 saturated heterocycles. The summed E-state index contributed by atoms with van der Waals surface area (Å²) in [4.78, 5) is 1.01. The number of hydrogen-bond donors (Lipinski definition) is 1. The van der Waals surface area contributed by atoms with E-state index in [9.17, 15) is 8.42 Å². The van der Waals surface area contributed by atoms with Crippen molar-refractivity contribution in [3.8, 4) is 0 Å². The van der Waals surface area contributed by atoms with Crippen LogP contribution in [0.4, 0.5) is 0 Å². The minimum atomic E-state index is -3.31. The number of halogens is 1. The summed E-state index contributed by atoms with van der Waals surface area (Å²) in [6.45, 7) is 1.90. The number of nitrogens with one attached hydrogen (secondary N) is 1. The van der Waals surface area contributed by atoms with E-state index in [-0.39, 0.29) is 5.54 Å². The van der Waals surface area contributed by atoms with E-state index >= 15 is 0 Å². The van der Waals surface area contributed by atoms with Gasteiger partial charge in [-0.15, -0.1) is 11.3 Å². The summed E-state index contributed by atoms with van der Waals surface area (Å²) in [6, 6.07) is 3.49. The van der Waals surface area contributed by atoms with E-state index in [0.717, 1.165) is 17.7 Å². The number of aryl methyl sites for hydroxylation is 1. The first-order valence-electron chi connectivity index (χ1n) is 4.64. The number of sulfonamides is 1. The molecular weight excluding hydrogens is 298 g/mol. The van der Waals surface area contributed by atoms with Gasteiger partial charge in [-0.2, -0.15) is 0 Å². The fourth-order valence-corrected chi connectivity index (χ4v) is 4.93. The molecule has 1 heterocycles. The second-order valence-corrected chi connectivity index (χ2v) is 7.64. The largest absolute Gasteiger partial charge is 0.250 e. The average Bonchev–Trinajstić information content (AvgIpc) is 2.78. The van der Waals surface area contributed by atoms with Crippen LogP contribution in [0.5, 0.6) is 0 Å². The standard InChI is InChI=1S/C9H12BrNO2S2/c1-7-2-3-8(14-7)15(12,13)11-9(6-10)4-5-9/h2-3,11H,4-6H2,1H3. The molecule has 1 aliphatic carbocycles. The van der Waals surface area contributed by atoms with E-state index in [1.54, 1.807) is 6.07 Å². The monoisotopic (exact) mass is 309 g/mol. The maximum absolute atomic E-state index is 11.9. The van der Waals surface area contributed by atoms with Crippen molar-refractivity contribution < 1.29 is 8.42 Å². The molecule has 0 aliphatic heterocycles. The molecular formula is C9H12BrNO2S2. The highest BCUT2D eigenvalue weighted by Gasteiger charge is 2.45. The summed E-state index contributed by atoms with van der Waals surface area (Å²) < 4.78 is 27.0. The molecule has 0 aromatic carbocycles. The highest BCUT2D eigenvalue weighted by atomic mass is 79.9. The lowest BCUT2D eigenvalue weighted by atomic mass is 10.4. The van der Waals surface area contributed by atoms with Crippen molar-refractivity contribution in [3.05, 3.63) is 17.0 Å². The number of alkyl halides is 1. The lowest BCUT2D eigenvalue weighted by Crippen LogP contribution is -2.37. The van der Waals surface area contributed by atoms with E-state index in [4.69, 9.17) is 0 Å². The molecule has 1 aromatic heterocycles. The van der Waals surface area contributed by atoms with Crippen LogP contribution in [0.15, 0.2) is 16.3 Å². The van der Waals surface area contributed by atoms with Crippen LogP contribution < -0.4 is 4.72 Å². The van der Waals surface area contributed by atoms with Gasteiger partial charge in [-0.3, -0.25) is 0 Å². The van der Waals surface area contributed by atoms with Crippen molar-refractivity contribution in [1.82, 2.24) is 4.72 Å². The van der Waals surface area contributed by atoms with Gasteiger partial charge >= 0.3 is 0 Å². The van der Waals surface area contributed by atoms with Crippen LogP contribution in [0.3, 0.4) is 0 Å². The summed E-state index contributed by atoms with van der Waals surface area (Å²) in [5.41, 5.74) is -0.225. The number of hydrogen-bond acceptors (Lipinski definition) is 3. The third kappa shape index (κ3) is 2.43. The van der Waals surface area contributed by atoms with Gasteiger partial charge in [0.05, 0.1) is 0 Å². The van der Waals surface area contributed by atoms with Crippen LogP contribution >= 0.6 is 27.3 Å². The van der Waals surface area contributed by atoms with Gasteiger partial charge in [-0.05, 0) is 31.9 Å². The smallest absolute Gasteiger partial charge is 0.206 e. The lowest BCUT2D eigenvalue weighted by Gasteiger charge is -2.13. The van der Waals surface area contributed by atoms with Crippen LogP contribution in [-0.4, -0.2) is 19.3 Å². The van der Waals surface area contributed by atoms with Crippen molar-refractivity contribution in [1.29, 1.82) is 0 Å². The van der Waals surface area contributed by atoms with Gasteiger partial charge in [0.25, 0.3) is 10.0 Å². The van der Waals surface area contributed by atoms with Gasteiger partial charge in [0, 0.05) is 15.7 Å². The summed E-state index contributed by atoms with van der Waals surface area (Å²) in [6.07, 6.45) is 1.84. The van der Waals surface area contributed by atoms with Gasteiger partial charge in [0.2, 0.25) is 0 Å². The van der Waals surface area contributed by atoms with Crippen molar-refractivity contribution in [2.45, 2.75) is 29.5 Å². The van der Waals surface area contributed by atoms with E-state index in [2.05, 4.69) is 20.7 Å². The van der Waals surface area contributed by atoms with Crippen LogP contribution in [0, 0.1) is 6.92 Å². The first-order valence-corrected chi connectivity index (χ1v) is 8.06. The van der Waals surface area contributed by atoms with Crippen molar-refractivity contribution in [3.63, 3.8) is 0 Å². The molecule has 1 N–H and O–H groups in total. The molecule has 1 aliphatic rings. The van der Waals surface area contributed by atoms with Gasteiger partial charge in [0.15, 0.2) is 0 Å². The van der Waals surface area contributed by atoms with Gasteiger partial charge in [-0.25, -0.2) is 13.1 Å². The molecule has 1 aromatic rings. The van der Waals surface area contributed by atoms with Crippen molar-refractivity contribution in [2.75, 3.05) is 5.33 Å². The molecule has 0 unspecified atom stereocenters. The van der Waals surface area contributed by atoms with E-state index < -0.39 is 10.0 Å².